The van der Waals surface area contributed by atoms with Gasteiger partial charge in [0, 0.05) is 5.56 Å². The lowest BCUT2D eigenvalue weighted by Crippen LogP contribution is -2.44. The number of carbonyl (C=O) groups is 2. The molecule has 1 aromatic carbocycles. The summed E-state index contributed by atoms with van der Waals surface area (Å²) >= 11 is 0. The third-order valence-electron chi connectivity index (χ3n) is 3.68. The molecule has 0 aliphatic heterocycles. The number of hydrogen-bond acceptors (Lipinski definition) is 6. The van der Waals surface area contributed by atoms with Crippen molar-refractivity contribution in [2.24, 2.45) is 0 Å². The van der Waals surface area contributed by atoms with Crippen molar-refractivity contribution in [1.82, 2.24) is 10.6 Å². The molecule has 0 aliphatic rings. The summed E-state index contributed by atoms with van der Waals surface area (Å²) in [4.78, 5) is 24.6. The van der Waals surface area contributed by atoms with Crippen molar-refractivity contribution in [3.8, 4) is 17.2 Å². The van der Waals surface area contributed by atoms with Crippen LogP contribution in [0.2, 0.25) is 0 Å². The second-order valence-electron chi connectivity index (χ2n) is 5.41. The normalized spacial score (nSPS) is 11.4. The van der Waals surface area contributed by atoms with E-state index in [0.717, 1.165) is 0 Å². The molecule has 140 valence electrons. The molecular weight excluding hydrogens is 340 g/mol. The zero-order valence-electron chi connectivity index (χ0n) is 15.1. The van der Waals surface area contributed by atoms with Gasteiger partial charge in [0.05, 0.1) is 34.1 Å². The zero-order valence-corrected chi connectivity index (χ0v) is 15.1. The molecule has 8 heteroatoms. The van der Waals surface area contributed by atoms with E-state index in [1.54, 1.807) is 19.1 Å². The predicted molar refractivity (Wildman–Crippen MR) is 93.6 cm³/mol. The fourth-order valence-electron chi connectivity index (χ4n) is 2.30. The van der Waals surface area contributed by atoms with Crippen LogP contribution in [0.3, 0.4) is 0 Å². The van der Waals surface area contributed by atoms with Gasteiger partial charge in [-0.05, 0) is 31.2 Å². The summed E-state index contributed by atoms with van der Waals surface area (Å²) in [6.45, 7) is 1.84. The lowest BCUT2D eigenvalue weighted by molar-refractivity contribution is -0.122. The van der Waals surface area contributed by atoms with E-state index in [2.05, 4.69) is 10.6 Å². The SMILES string of the molecule is COc1cc(C(=O)N[C@H](C)C(=O)NCc2ccco2)cc(OC)c1OC. The summed E-state index contributed by atoms with van der Waals surface area (Å²) in [7, 11) is 4.40. The second-order valence-corrected chi connectivity index (χ2v) is 5.41. The Morgan fingerprint density at radius 2 is 1.77 bits per heavy atom. The number of ether oxygens (including phenoxy) is 3. The molecule has 0 radical (unpaired) electrons. The van der Waals surface area contributed by atoms with Crippen molar-refractivity contribution >= 4 is 11.8 Å². The Hall–Kier alpha value is -3.16. The van der Waals surface area contributed by atoms with Gasteiger partial charge in [-0.3, -0.25) is 9.59 Å². The molecule has 8 nitrogen and oxygen atoms in total. The number of rotatable bonds is 8. The fraction of sp³-hybridized carbons (Fsp3) is 0.333. The highest BCUT2D eigenvalue weighted by Crippen LogP contribution is 2.38. The Morgan fingerprint density at radius 1 is 1.12 bits per heavy atom. The Bertz CT molecular complexity index is 732. The van der Waals surface area contributed by atoms with Crippen molar-refractivity contribution in [2.75, 3.05) is 21.3 Å². The summed E-state index contributed by atoms with van der Waals surface area (Å²) in [6, 6.07) is 5.78. The molecule has 1 atom stereocenters. The van der Waals surface area contributed by atoms with Gasteiger partial charge in [0.1, 0.15) is 11.8 Å². The topological polar surface area (TPSA) is 99.0 Å². The van der Waals surface area contributed by atoms with Gasteiger partial charge in [-0.15, -0.1) is 0 Å². The van der Waals surface area contributed by atoms with E-state index >= 15 is 0 Å². The third-order valence-corrected chi connectivity index (χ3v) is 3.68. The minimum absolute atomic E-state index is 0.246. The van der Waals surface area contributed by atoms with E-state index in [4.69, 9.17) is 18.6 Å². The Kier molecular flexibility index (Phi) is 6.48. The molecule has 0 unspecified atom stereocenters. The average molecular weight is 362 g/mol. The van der Waals surface area contributed by atoms with Crippen LogP contribution in [-0.4, -0.2) is 39.2 Å². The highest BCUT2D eigenvalue weighted by molar-refractivity contribution is 5.98. The van der Waals surface area contributed by atoms with Crippen LogP contribution in [-0.2, 0) is 11.3 Å². The van der Waals surface area contributed by atoms with Gasteiger partial charge in [0.2, 0.25) is 11.7 Å². The van der Waals surface area contributed by atoms with Crippen LogP contribution >= 0.6 is 0 Å². The zero-order chi connectivity index (χ0) is 19.1. The van der Waals surface area contributed by atoms with Gasteiger partial charge in [-0.1, -0.05) is 0 Å². The van der Waals surface area contributed by atoms with Gasteiger partial charge in [-0.25, -0.2) is 0 Å². The minimum Gasteiger partial charge on any atom is -0.493 e. The van der Waals surface area contributed by atoms with E-state index in [0.29, 0.717) is 23.0 Å². The van der Waals surface area contributed by atoms with Crippen LogP contribution in [0.25, 0.3) is 0 Å². The largest absolute Gasteiger partial charge is 0.493 e. The van der Waals surface area contributed by atoms with Gasteiger partial charge >= 0.3 is 0 Å². The molecule has 0 bridgehead atoms. The molecule has 1 aromatic heterocycles. The third kappa shape index (κ3) is 4.47. The maximum Gasteiger partial charge on any atom is 0.252 e. The lowest BCUT2D eigenvalue weighted by atomic mass is 10.1. The number of hydrogen-bond donors (Lipinski definition) is 2. The molecule has 1 heterocycles. The van der Waals surface area contributed by atoms with Crippen LogP contribution in [0.5, 0.6) is 17.2 Å². The number of nitrogens with one attached hydrogen (secondary N) is 2. The van der Waals surface area contributed by atoms with E-state index in [-0.39, 0.29) is 18.0 Å². The van der Waals surface area contributed by atoms with Crippen molar-refractivity contribution in [3.63, 3.8) is 0 Å². The fourth-order valence-corrected chi connectivity index (χ4v) is 2.30. The summed E-state index contributed by atoms with van der Waals surface area (Å²) < 4.78 is 20.8. The summed E-state index contributed by atoms with van der Waals surface area (Å²) in [5.74, 6) is 0.947. The number of furan rings is 1. The molecule has 0 spiro atoms. The maximum atomic E-state index is 12.5. The first-order valence-corrected chi connectivity index (χ1v) is 7.91. The first-order valence-electron chi connectivity index (χ1n) is 7.91. The number of carbonyl (C=O) groups excluding carboxylic acids is 2. The van der Waals surface area contributed by atoms with Crippen molar-refractivity contribution in [1.29, 1.82) is 0 Å². The molecule has 0 saturated carbocycles. The summed E-state index contributed by atoms with van der Waals surface area (Å²) in [6.07, 6.45) is 1.52. The van der Waals surface area contributed by atoms with Crippen LogP contribution in [0.15, 0.2) is 34.9 Å². The Balaban J connectivity index is 2.05. The molecule has 0 fully saturated rings. The first-order chi connectivity index (χ1) is 12.5. The van der Waals surface area contributed by atoms with E-state index < -0.39 is 11.9 Å². The molecule has 0 aliphatic carbocycles. The number of methoxy groups -OCH3 is 3. The van der Waals surface area contributed by atoms with Crippen LogP contribution in [0.1, 0.15) is 23.0 Å². The smallest absolute Gasteiger partial charge is 0.252 e. The van der Waals surface area contributed by atoms with Crippen LogP contribution < -0.4 is 24.8 Å². The van der Waals surface area contributed by atoms with E-state index in [1.165, 1.54) is 39.7 Å². The van der Waals surface area contributed by atoms with E-state index in [9.17, 15) is 9.59 Å². The van der Waals surface area contributed by atoms with Crippen molar-refractivity contribution in [3.05, 3.63) is 41.9 Å². The van der Waals surface area contributed by atoms with E-state index in [1.807, 2.05) is 0 Å². The number of benzene rings is 1. The standard InChI is InChI=1S/C18H22N2O6/c1-11(17(21)19-10-13-6-5-7-26-13)20-18(22)12-8-14(23-2)16(25-4)15(9-12)24-3/h5-9,11H,10H2,1-4H3,(H,19,21)(H,20,22)/t11-/m1/s1. The quantitative estimate of drug-likeness (QED) is 0.742. The van der Waals surface area contributed by atoms with Crippen molar-refractivity contribution in [2.45, 2.75) is 19.5 Å². The minimum atomic E-state index is -0.739. The first kappa shape index (κ1) is 19.2. The van der Waals surface area contributed by atoms with Crippen LogP contribution in [0, 0.1) is 0 Å². The molecule has 26 heavy (non-hydrogen) atoms. The molecule has 2 amide bonds. The average Bonchev–Trinajstić information content (AvgIpc) is 3.18. The van der Waals surface area contributed by atoms with Gasteiger partial charge in [-0.2, -0.15) is 0 Å². The van der Waals surface area contributed by atoms with Gasteiger partial charge in [0.15, 0.2) is 11.5 Å². The van der Waals surface area contributed by atoms with Gasteiger partial charge in [0.25, 0.3) is 5.91 Å². The van der Waals surface area contributed by atoms with Crippen molar-refractivity contribution < 1.29 is 28.2 Å². The summed E-state index contributed by atoms with van der Waals surface area (Å²) in [5.41, 5.74) is 0.283. The summed E-state index contributed by atoms with van der Waals surface area (Å²) in [5, 5.41) is 5.32. The Labute approximate surface area is 151 Å². The van der Waals surface area contributed by atoms with Gasteiger partial charge < -0.3 is 29.3 Å². The highest BCUT2D eigenvalue weighted by atomic mass is 16.5. The highest BCUT2D eigenvalue weighted by Gasteiger charge is 2.20. The number of amides is 2. The predicted octanol–water partition coefficient (Wildman–Crippen LogP) is 1.74. The molecular formula is C18H22N2O6. The molecule has 2 aromatic rings. The van der Waals surface area contributed by atoms with Crippen LogP contribution in [0.4, 0.5) is 0 Å². The lowest BCUT2D eigenvalue weighted by Gasteiger charge is -2.16. The Morgan fingerprint density at radius 3 is 2.27 bits per heavy atom. The molecule has 2 rings (SSSR count). The molecule has 2 N–H and O–H groups in total. The maximum absolute atomic E-state index is 12.5. The second kappa shape index (κ2) is 8.80. The molecule has 0 saturated heterocycles. The monoisotopic (exact) mass is 362 g/mol.